The minimum atomic E-state index is -0.753. The summed E-state index contributed by atoms with van der Waals surface area (Å²) in [5.74, 6) is -1.12. The van der Waals surface area contributed by atoms with Crippen molar-refractivity contribution in [3.8, 4) is 0 Å². The van der Waals surface area contributed by atoms with Crippen molar-refractivity contribution in [2.45, 2.75) is 39.5 Å². The molecule has 0 aliphatic carbocycles. The molecule has 0 aliphatic heterocycles. The highest BCUT2D eigenvalue weighted by atomic mass is 32.1. The first-order chi connectivity index (χ1) is 11.7. The third-order valence-electron chi connectivity index (χ3n) is 3.79. The molecule has 25 heavy (non-hydrogen) atoms. The number of esters is 1. The number of anilines is 1. The number of benzene rings is 1. The summed E-state index contributed by atoms with van der Waals surface area (Å²) in [4.78, 5) is 25.7. The molecule has 1 aromatic carbocycles. The Bertz CT molecular complexity index is 770. The van der Waals surface area contributed by atoms with E-state index in [1.807, 2.05) is 6.07 Å². The number of hydrogen-bond donors (Lipinski definition) is 1. The highest BCUT2D eigenvalue weighted by Crippen LogP contribution is 2.34. The lowest BCUT2D eigenvalue weighted by Crippen LogP contribution is -2.11. The molecule has 0 spiro atoms. The average Bonchev–Trinajstić information content (AvgIpc) is 3.00. The number of halogens is 1. The summed E-state index contributed by atoms with van der Waals surface area (Å²) in [5.41, 5.74) is 1.29. The van der Waals surface area contributed by atoms with E-state index in [4.69, 9.17) is 0 Å². The van der Waals surface area contributed by atoms with Crippen LogP contribution >= 0.6 is 11.3 Å². The van der Waals surface area contributed by atoms with Gasteiger partial charge in [-0.2, -0.15) is 0 Å². The third kappa shape index (κ3) is 4.25. The fraction of sp³-hybridized carbons (Fsp3) is 0.368. The van der Waals surface area contributed by atoms with Crippen LogP contribution in [0.4, 0.5) is 10.1 Å². The van der Waals surface area contributed by atoms with Crippen molar-refractivity contribution in [2.75, 3.05) is 12.4 Å². The first-order valence-electron chi connectivity index (χ1n) is 8.07. The van der Waals surface area contributed by atoms with Crippen LogP contribution in [0.25, 0.3) is 0 Å². The Morgan fingerprint density at radius 1 is 1.12 bits per heavy atom. The summed E-state index contributed by atoms with van der Waals surface area (Å²) in [6.45, 7) is 8.38. The van der Waals surface area contributed by atoms with Crippen LogP contribution in [0.15, 0.2) is 24.3 Å². The number of hydrogen-bond acceptors (Lipinski definition) is 4. The van der Waals surface area contributed by atoms with E-state index < -0.39 is 11.8 Å². The molecule has 134 valence electrons. The third-order valence-corrected chi connectivity index (χ3v) is 5.24. The second-order valence-corrected chi connectivity index (χ2v) is 7.46. The zero-order valence-corrected chi connectivity index (χ0v) is 15.8. The molecule has 0 saturated carbocycles. The van der Waals surface area contributed by atoms with Gasteiger partial charge in [0.2, 0.25) is 0 Å². The molecule has 2 aromatic rings. The highest BCUT2D eigenvalue weighted by Gasteiger charge is 2.19. The molecule has 2 rings (SSSR count). The second-order valence-electron chi connectivity index (χ2n) is 6.38. The van der Waals surface area contributed by atoms with E-state index in [0.29, 0.717) is 22.4 Å². The maximum Gasteiger partial charge on any atom is 0.340 e. The van der Waals surface area contributed by atoms with Crippen molar-refractivity contribution in [1.82, 2.24) is 0 Å². The minimum Gasteiger partial charge on any atom is -0.465 e. The number of ether oxygens (including phenoxy) is 1. The second kappa shape index (κ2) is 7.78. The molecular weight excluding hydrogens is 341 g/mol. The van der Waals surface area contributed by atoms with E-state index in [1.165, 1.54) is 35.5 Å². The first kappa shape index (κ1) is 19.1. The topological polar surface area (TPSA) is 55.4 Å². The number of nitrogens with one attached hydrogen (secondary N) is 1. The number of amides is 1. The molecule has 0 unspecified atom stereocenters. The predicted molar refractivity (Wildman–Crippen MR) is 98.2 cm³/mol. The van der Waals surface area contributed by atoms with E-state index in [0.717, 1.165) is 11.6 Å². The smallest absolute Gasteiger partial charge is 0.340 e. The van der Waals surface area contributed by atoms with Crippen molar-refractivity contribution in [3.05, 3.63) is 51.0 Å². The normalized spacial score (nSPS) is 11.0. The Kier molecular flexibility index (Phi) is 5.95. The molecule has 4 nitrogen and oxygen atoms in total. The van der Waals surface area contributed by atoms with E-state index in [2.05, 4.69) is 37.7 Å². The van der Waals surface area contributed by atoms with Gasteiger partial charge in [0, 0.05) is 10.6 Å². The minimum absolute atomic E-state index is 0.166. The Morgan fingerprint density at radius 2 is 1.80 bits per heavy atom. The van der Waals surface area contributed by atoms with Crippen LogP contribution in [-0.2, 0) is 4.74 Å². The van der Waals surface area contributed by atoms with Crippen molar-refractivity contribution in [3.63, 3.8) is 0 Å². The van der Waals surface area contributed by atoms with Crippen molar-refractivity contribution < 1.29 is 18.7 Å². The molecular formula is C19H22FNO3S. The summed E-state index contributed by atoms with van der Waals surface area (Å²) in [6, 6.07) is 5.79. The average molecular weight is 363 g/mol. The molecule has 0 atom stereocenters. The SMILES string of the molecule is COC(=O)c1ccc(NC(=O)c2cc(C(C)C)c(C(C)C)s2)cc1F. The van der Waals surface area contributed by atoms with Crippen molar-refractivity contribution >= 4 is 28.9 Å². The first-order valence-corrected chi connectivity index (χ1v) is 8.89. The van der Waals surface area contributed by atoms with Crippen LogP contribution < -0.4 is 5.32 Å². The van der Waals surface area contributed by atoms with E-state index in [-0.39, 0.29) is 11.5 Å². The van der Waals surface area contributed by atoms with Crippen molar-refractivity contribution in [2.24, 2.45) is 0 Å². The Hall–Kier alpha value is -2.21. The lowest BCUT2D eigenvalue weighted by Gasteiger charge is -2.08. The van der Waals surface area contributed by atoms with E-state index >= 15 is 0 Å². The van der Waals surface area contributed by atoms with Gasteiger partial charge in [-0.25, -0.2) is 9.18 Å². The Balaban J connectivity index is 2.24. The molecule has 0 radical (unpaired) electrons. The van der Waals surface area contributed by atoms with Gasteiger partial charge in [-0.3, -0.25) is 4.79 Å². The van der Waals surface area contributed by atoms with E-state index in [9.17, 15) is 14.0 Å². The number of carbonyl (C=O) groups excluding carboxylic acids is 2. The van der Waals surface area contributed by atoms with Gasteiger partial charge < -0.3 is 10.1 Å². The van der Waals surface area contributed by atoms with Gasteiger partial charge in [-0.15, -0.1) is 11.3 Å². The summed E-state index contributed by atoms with van der Waals surface area (Å²) < 4.78 is 18.5. The van der Waals surface area contributed by atoms with Crippen molar-refractivity contribution in [1.29, 1.82) is 0 Å². The Labute approximate surface area is 151 Å². The van der Waals surface area contributed by atoms with Crippen LogP contribution in [0.2, 0.25) is 0 Å². The van der Waals surface area contributed by atoms with Gasteiger partial charge in [-0.05, 0) is 41.7 Å². The van der Waals surface area contributed by atoms with Crippen LogP contribution in [0, 0.1) is 5.82 Å². The quantitative estimate of drug-likeness (QED) is 0.745. The molecule has 0 saturated heterocycles. The zero-order valence-electron chi connectivity index (χ0n) is 15.0. The number of carbonyl (C=O) groups is 2. The lowest BCUT2D eigenvalue weighted by atomic mass is 9.99. The molecule has 6 heteroatoms. The summed E-state index contributed by atoms with van der Waals surface area (Å²) >= 11 is 1.46. The summed E-state index contributed by atoms with van der Waals surface area (Å²) in [7, 11) is 1.19. The van der Waals surface area contributed by atoms with Gasteiger partial charge in [-0.1, -0.05) is 27.7 Å². The molecule has 1 aromatic heterocycles. The largest absolute Gasteiger partial charge is 0.465 e. The highest BCUT2D eigenvalue weighted by molar-refractivity contribution is 7.14. The Morgan fingerprint density at radius 3 is 2.28 bits per heavy atom. The maximum absolute atomic E-state index is 14.0. The van der Waals surface area contributed by atoms with E-state index in [1.54, 1.807) is 0 Å². The van der Waals surface area contributed by atoms with Gasteiger partial charge in [0.05, 0.1) is 17.6 Å². The summed E-state index contributed by atoms with van der Waals surface area (Å²) in [5, 5.41) is 2.68. The van der Waals surface area contributed by atoms with Gasteiger partial charge in [0.25, 0.3) is 5.91 Å². The van der Waals surface area contributed by atoms with Gasteiger partial charge >= 0.3 is 5.97 Å². The fourth-order valence-electron chi connectivity index (χ4n) is 2.49. The standard InChI is InChI=1S/C19H22FNO3S/c1-10(2)14-9-16(25-17(14)11(3)4)18(22)21-12-6-7-13(15(20)8-12)19(23)24-5/h6-11H,1-5H3,(H,21,22). The number of rotatable bonds is 5. The molecule has 0 aliphatic rings. The zero-order chi connectivity index (χ0) is 18.7. The number of thiophene rings is 1. The van der Waals surface area contributed by atoms with Gasteiger partial charge in [0.1, 0.15) is 5.82 Å². The molecule has 0 bridgehead atoms. The number of methoxy groups -OCH3 is 1. The van der Waals surface area contributed by atoms with Crippen LogP contribution in [0.3, 0.4) is 0 Å². The summed E-state index contributed by atoms with van der Waals surface area (Å²) in [6.07, 6.45) is 0. The maximum atomic E-state index is 14.0. The molecule has 1 N–H and O–H groups in total. The lowest BCUT2D eigenvalue weighted by molar-refractivity contribution is 0.0595. The molecule has 0 fully saturated rings. The van der Waals surface area contributed by atoms with Crippen LogP contribution in [-0.4, -0.2) is 19.0 Å². The molecule has 1 amide bonds. The molecule has 1 heterocycles. The predicted octanol–water partition coefficient (Wildman–Crippen LogP) is 5.17. The van der Waals surface area contributed by atoms with Gasteiger partial charge in [0.15, 0.2) is 0 Å². The fourth-order valence-corrected chi connectivity index (χ4v) is 3.71. The monoisotopic (exact) mass is 363 g/mol. The van der Waals surface area contributed by atoms with Crippen LogP contribution in [0.1, 0.15) is 70.0 Å². The van der Waals surface area contributed by atoms with Crippen LogP contribution in [0.5, 0.6) is 0 Å².